The second-order valence-corrected chi connectivity index (χ2v) is 5.80. The Morgan fingerprint density at radius 3 is 2.77 bits per heavy atom. The molecule has 4 heteroatoms. The minimum Gasteiger partial charge on any atom is -0.493 e. The van der Waals surface area contributed by atoms with Crippen LogP contribution in [0.15, 0.2) is 48.5 Å². The first kappa shape index (κ1) is 14.6. The molecular formula is C18H20N2O2. The second-order valence-electron chi connectivity index (χ2n) is 5.80. The number of hydrogen-bond acceptors (Lipinski definition) is 3. The molecule has 1 atom stereocenters. The highest BCUT2D eigenvalue weighted by molar-refractivity contribution is 5.98. The van der Waals surface area contributed by atoms with Gasteiger partial charge in [0.25, 0.3) is 0 Å². The zero-order chi connectivity index (χ0) is 15.6. The van der Waals surface area contributed by atoms with E-state index in [2.05, 4.69) is 5.32 Å². The highest BCUT2D eigenvalue weighted by Gasteiger charge is 2.30. The van der Waals surface area contributed by atoms with Gasteiger partial charge in [0.15, 0.2) is 0 Å². The molecule has 3 N–H and O–H groups in total. The molecule has 0 saturated carbocycles. The molecule has 0 saturated heterocycles. The van der Waals surface area contributed by atoms with Crippen LogP contribution in [0, 0.1) is 0 Å². The van der Waals surface area contributed by atoms with Gasteiger partial charge in [-0.1, -0.05) is 30.3 Å². The predicted octanol–water partition coefficient (Wildman–Crippen LogP) is 2.82. The van der Waals surface area contributed by atoms with Crippen molar-refractivity contribution in [1.29, 1.82) is 0 Å². The Morgan fingerprint density at radius 2 is 2.00 bits per heavy atom. The normalized spacial score (nSPS) is 16.1. The van der Waals surface area contributed by atoms with Gasteiger partial charge in [0.05, 0.1) is 6.61 Å². The molecule has 3 rings (SSSR count). The summed E-state index contributed by atoms with van der Waals surface area (Å²) in [7, 11) is 0. The van der Waals surface area contributed by atoms with Crippen LogP contribution >= 0.6 is 0 Å². The number of rotatable bonds is 3. The fourth-order valence-electron chi connectivity index (χ4n) is 2.61. The van der Waals surface area contributed by atoms with Crippen molar-refractivity contribution in [3.8, 4) is 5.75 Å². The number of fused-ring (bicyclic) bond motifs is 1. The quantitative estimate of drug-likeness (QED) is 0.915. The summed E-state index contributed by atoms with van der Waals surface area (Å²) in [4.78, 5) is 12.5. The van der Waals surface area contributed by atoms with Gasteiger partial charge in [-0.2, -0.15) is 0 Å². The number of amides is 1. The first-order valence-corrected chi connectivity index (χ1v) is 7.49. The van der Waals surface area contributed by atoms with Crippen LogP contribution in [0.1, 0.15) is 24.5 Å². The standard InChI is InChI=1S/C18H20N2O2/c1-18(19,14-7-3-2-4-8-14)17(21)20-15-9-10-16-13(12-15)6-5-11-22-16/h2-4,7-10,12H,5-6,11,19H2,1H3,(H,20,21). The average Bonchev–Trinajstić information content (AvgIpc) is 2.55. The van der Waals surface area contributed by atoms with Gasteiger partial charge in [-0.15, -0.1) is 0 Å². The number of hydrogen-bond donors (Lipinski definition) is 2. The van der Waals surface area contributed by atoms with Gasteiger partial charge in [0.1, 0.15) is 11.3 Å². The fourth-order valence-corrected chi connectivity index (χ4v) is 2.61. The van der Waals surface area contributed by atoms with E-state index in [9.17, 15) is 4.79 Å². The van der Waals surface area contributed by atoms with Crippen LogP contribution in [-0.4, -0.2) is 12.5 Å². The van der Waals surface area contributed by atoms with Gasteiger partial charge in [-0.05, 0) is 49.1 Å². The summed E-state index contributed by atoms with van der Waals surface area (Å²) < 4.78 is 5.58. The first-order chi connectivity index (χ1) is 10.6. The lowest BCUT2D eigenvalue weighted by Gasteiger charge is -2.25. The van der Waals surface area contributed by atoms with Crippen molar-refractivity contribution < 1.29 is 9.53 Å². The van der Waals surface area contributed by atoms with Crippen LogP contribution in [0.5, 0.6) is 5.75 Å². The van der Waals surface area contributed by atoms with Crippen LogP contribution in [0.3, 0.4) is 0 Å². The molecule has 0 fully saturated rings. The molecule has 1 heterocycles. The monoisotopic (exact) mass is 296 g/mol. The van der Waals surface area contributed by atoms with E-state index in [1.54, 1.807) is 6.92 Å². The van der Waals surface area contributed by atoms with E-state index in [0.29, 0.717) is 0 Å². The highest BCUT2D eigenvalue weighted by atomic mass is 16.5. The topological polar surface area (TPSA) is 64.4 Å². The molecule has 114 valence electrons. The molecular weight excluding hydrogens is 276 g/mol. The Balaban J connectivity index is 1.79. The molecule has 0 radical (unpaired) electrons. The molecule has 4 nitrogen and oxygen atoms in total. The molecule has 1 aliphatic heterocycles. The number of carbonyl (C=O) groups excluding carboxylic acids is 1. The maximum atomic E-state index is 12.5. The van der Waals surface area contributed by atoms with E-state index in [1.165, 1.54) is 0 Å². The molecule has 0 aliphatic carbocycles. The summed E-state index contributed by atoms with van der Waals surface area (Å²) in [6.45, 7) is 2.48. The fraction of sp³-hybridized carbons (Fsp3) is 0.278. The third-order valence-corrected chi connectivity index (χ3v) is 4.01. The smallest absolute Gasteiger partial charge is 0.248 e. The van der Waals surface area contributed by atoms with Crippen molar-refractivity contribution >= 4 is 11.6 Å². The predicted molar refractivity (Wildman–Crippen MR) is 86.9 cm³/mol. The molecule has 0 aromatic heterocycles. The van der Waals surface area contributed by atoms with Crippen molar-refractivity contribution in [2.45, 2.75) is 25.3 Å². The van der Waals surface area contributed by atoms with Crippen LogP contribution in [0.4, 0.5) is 5.69 Å². The van der Waals surface area contributed by atoms with Crippen molar-refractivity contribution in [1.82, 2.24) is 0 Å². The highest BCUT2D eigenvalue weighted by Crippen LogP contribution is 2.28. The summed E-state index contributed by atoms with van der Waals surface area (Å²) in [5, 5.41) is 2.91. The summed E-state index contributed by atoms with van der Waals surface area (Å²) in [5.41, 5.74) is 7.82. The molecule has 22 heavy (non-hydrogen) atoms. The second kappa shape index (κ2) is 5.81. The molecule has 2 aromatic rings. The van der Waals surface area contributed by atoms with Crippen molar-refractivity contribution in [3.63, 3.8) is 0 Å². The number of benzene rings is 2. The van der Waals surface area contributed by atoms with E-state index in [-0.39, 0.29) is 5.91 Å². The lowest BCUT2D eigenvalue weighted by molar-refractivity contribution is -0.120. The van der Waals surface area contributed by atoms with Gasteiger partial charge >= 0.3 is 0 Å². The zero-order valence-electron chi connectivity index (χ0n) is 12.6. The van der Waals surface area contributed by atoms with Gasteiger partial charge in [0.2, 0.25) is 5.91 Å². The molecule has 1 unspecified atom stereocenters. The third-order valence-electron chi connectivity index (χ3n) is 4.01. The number of aryl methyl sites for hydroxylation is 1. The van der Waals surface area contributed by atoms with Gasteiger partial charge in [0, 0.05) is 5.69 Å². The minimum absolute atomic E-state index is 0.227. The molecule has 0 spiro atoms. The van der Waals surface area contributed by atoms with E-state index in [1.807, 2.05) is 48.5 Å². The first-order valence-electron chi connectivity index (χ1n) is 7.49. The van der Waals surface area contributed by atoms with Gasteiger partial charge < -0.3 is 15.8 Å². The van der Waals surface area contributed by atoms with Gasteiger partial charge in [-0.25, -0.2) is 0 Å². The Labute approximate surface area is 130 Å². The van der Waals surface area contributed by atoms with Crippen molar-refractivity contribution in [3.05, 3.63) is 59.7 Å². The zero-order valence-corrected chi connectivity index (χ0v) is 12.6. The Bertz CT molecular complexity index is 681. The Kier molecular flexibility index (Phi) is 3.86. The summed E-state index contributed by atoms with van der Waals surface area (Å²) in [6.07, 6.45) is 1.97. The Morgan fingerprint density at radius 1 is 1.23 bits per heavy atom. The maximum Gasteiger partial charge on any atom is 0.248 e. The summed E-state index contributed by atoms with van der Waals surface area (Å²) in [6, 6.07) is 15.1. The summed E-state index contributed by atoms with van der Waals surface area (Å²) in [5.74, 6) is 0.679. The van der Waals surface area contributed by atoms with E-state index in [0.717, 1.165) is 42.0 Å². The molecule has 0 bridgehead atoms. The van der Waals surface area contributed by atoms with Crippen LogP contribution in [-0.2, 0) is 16.8 Å². The molecule has 1 amide bonds. The third kappa shape index (κ3) is 2.83. The Hall–Kier alpha value is -2.33. The van der Waals surface area contributed by atoms with E-state index < -0.39 is 5.54 Å². The number of nitrogens with one attached hydrogen (secondary N) is 1. The molecule has 1 aliphatic rings. The maximum absolute atomic E-state index is 12.5. The molecule has 2 aromatic carbocycles. The lowest BCUT2D eigenvalue weighted by Crippen LogP contribution is -2.45. The van der Waals surface area contributed by atoms with Crippen LogP contribution < -0.4 is 15.8 Å². The SMILES string of the molecule is CC(N)(C(=O)Nc1ccc2c(c1)CCCO2)c1ccccc1. The van der Waals surface area contributed by atoms with Gasteiger partial charge in [-0.3, -0.25) is 4.79 Å². The number of ether oxygens (including phenoxy) is 1. The minimum atomic E-state index is -1.08. The lowest BCUT2D eigenvalue weighted by atomic mass is 9.92. The van der Waals surface area contributed by atoms with Crippen molar-refractivity contribution in [2.75, 3.05) is 11.9 Å². The number of carbonyl (C=O) groups is 1. The number of nitrogens with two attached hydrogens (primary N) is 1. The van der Waals surface area contributed by atoms with E-state index >= 15 is 0 Å². The van der Waals surface area contributed by atoms with E-state index in [4.69, 9.17) is 10.5 Å². The summed E-state index contributed by atoms with van der Waals surface area (Å²) >= 11 is 0. The average molecular weight is 296 g/mol. The van der Waals surface area contributed by atoms with Crippen LogP contribution in [0.25, 0.3) is 0 Å². The van der Waals surface area contributed by atoms with Crippen molar-refractivity contribution in [2.24, 2.45) is 5.73 Å². The van der Waals surface area contributed by atoms with Crippen LogP contribution in [0.2, 0.25) is 0 Å². The largest absolute Gasteiger partial charge is 0.493 e. The number of anilines is 1.